The summed E-state index contributed by atoms with van der Waals surface area (Å²) in [4.78, 5) is 27.9. The van der Waals surface area contributed by atoms with Crippen LogP contribution >= 0.6 is 0 Å². The lowest BCUT2D eigenvalue weighted by Gasteiger charge is -2.31. The summed E-state index contributed by atoms with van der Waals surface area (Å²) in [5.74, 6) is -0.618. The first-order chi connectivity index (χ1) is 16.4. The second-order valence-corrected chi connectivity index (χ2v) is 9.19. The summed E-state index contributed by atoms with van der Waals surface area (Å²) in [6, 6.07) is 12.8. The monoisotopic (exact) mass is 462 g/mol. The third-order valence-electron chi connectivity index (χ3n) is 6.37. The molecule has 1 saturated heterocycles. The van der Waals surface area contributed by atoms with Gasteiger partial charge in [0.1, 0.15) is 5.82 Å². The quantitative estimate of drug-likeness (QED) is 0.479. The number of amides is 1. The minimum atomic E-state index is -0.391. The molecule has 1 aromatic heterocycles. The molecule has 7 heteroatoms. The number of benzene rings is 2. The van der Waals surface area contributed by atoms with Gasteiger partial charge in [-0.15, -0.1) is 0 Å². The molecule has 1 fully saturated rings. The first kappa shape index (κ1) is 23.8. The number of aromatic nitrogens is 2. The van der Waals surface area contributed by atoms with Gasteiger partial charge in [-0.2, -0.15) is 5.10 Å². The molecule has 2 heterocycles. The van der Waals surface area contributed by atoms with Gasteiger partial charge < -0.3 is 10.2 Å². The maximum Gasteiger partial charge on any atom is 0.255 e. The molecule has 0 radical (unpaired) electrons. The van der Waals surface area contributed by atoms with Crippen molar-refractivity contribution in [3.05, 3.63) is 83.4 Å². The van der Waals surface area contributed by atoms with Crippen LogP contribution in [0.4, 0.5) is 10.1 Å². The van der Waals surface area contributed by atoms with Crippen LogP contribution in [0.5, 0.6) is 0 Å². The van der Waals surface area contributed by atoms with Crippen LogP contribution in [0.15, 0.2) is 60.9 Å². The summed E-state index contributed by atoms with van der Waals surface area (Å²) in [5, 5.41) is 7.20. The maximum absolute atomic E-state index is 13.1. The first-order valence-electron chi connectivity index (χ1n) is 11.9. The molecule has 0 unspecified atom stereocenters. The molecule has 0 saturated carbocycles. The number of halogens is 1. The first-order valence-corrected chi connectivity index (χ1v) is 11.9. The minimum absolute atomic E-state index is 0.0111. The third-order valence-corrected chi connectivity index (χ3v) is 6.37. The van der Waals surface area contributed by atoms with Crippen LogP contribution in [0.3, 0.4) is 0 Å². The number of Topliss-reactive ketones (excluding diaryl/α,β-unsaturated/α-hetero) is 1. The van der Waals surface area contributed by atoms with Gasteiger partial charge in [-0.25, -0.2) is 4.39 Å². The topological polar surface area (TPSA) is 67.2 Å². The highest BCUT2D eigenvalue weighted by molar-refractivity contribution is 6.05. The number of anilines is 1. The zero-order valence-electron chi connectivity index (χ0n) is 19.7. The average Bonchev–Trinajstić information content (AvgIpc) is 3.33. The molecular weight excluding hydrogens is 431 g/mol. The van der Waals surface area contributed by atoms with E-state index in [9.17, 15) is 14.0 Å². The molecule has 0 atom stereocenters. The lowest BCUT2D eigenvalue weighted by Crippen LogP contribution is -2.37. The molecule has 0 aliphatic carbocycles. The molecule has 6 nitrogen and oxygen atoms in total. The fourth-order valence-corrected chi connectivity index (χ4v) is 4.29. The molecule has 2 aromatic carbocycles. The number of piperidine rings is 1. The van der Waals surface area contributed by atoms with Crippen LogP contribution in [-0.2, 0) is 6.42 Å². The van der Waals surface area contributed by atoms with E-state index in [1.807, 2.05) is 10.9 Å². The molecule has 4 rings (SSSR count). The minimum Gasteiger partial charge on any atom is -0.322 e. The Balaban J connectivity index is 1.28. The predicted octanol–water partition coefficient (Wildman–Crippen LogP) is 4.99. The Morgan fingerprint density at radius 3 is 2.50 bits per heavy atom. The Morgan fingerprint density at radius 1 is 1.09 bits per heavy atom. The lowest BCUT2D eigenvalue weighted by atomic mass is 9.88. The SMILES string of the molecule is CC(C)n1cc(CCN2CCC(C(=O)c3cccc(NC(=O)c4ccc(F)cc4)c3)CC2)cn1. The fraction of sp³-hybridized carbons (Fsp3) is 0.370. The second kappa shape index (κ2) is 10.7. The molecule has 1 aliphatic heterocycles. The number of nitrogens with one attached hydrogen (secondary N) is 1. The fourth-order valence-electron chi connectivity index (χ4n) is 4.29. The number of hydrogen-bond donors (Lipinski definition) is 1. The molecule has 1 N–H and O–H groups in total. The summed E-state index contributed by atoms with van der Waals surface area (Å²) in [5.41, 5.74) is 2.77. The Kier molecular flexibility index (Phi) is 7.53. The van der Waals surface area contributed by atoms with Crippen molar-refractivity contribution in [1.29, 1.82) is 0 Å². The number of carbonyl (C=O) groups is 2. The zero-order chi connectivity index (χ0) is 24.1. The highest BCUT2D eigenvalue weighted by Gasteiger charge is 2.26. The normalized spacial score (nSPS) is 14.9. The van der Waals surface area contributed by atoms with E-state index >= 15 is 0 Å². The summed E-state index contributed by atoms with van der Waals surface area (Å²) in [7, 11) is 0. The van der Waals surface area contributed by atoms with Crippen molar-refractivity contribution in [3.63, 3.8) is 0 Å². The summed E-state index contributed by atoms with van der Waals surface area (Å²) >= 11 is 0. The highest BCUT2D eigenvalue weighted by Crippen LogP contribution is 2.24. The number of ketones is 1. The van der Waals surface area contributed by atoms with E-state index < -0.39 is 5.82 Å². The predicted molar refractivity (Wildman–Crippen MR) is 131 cm³/mol. The van der Waals surface area contributed by atoms with Gasteiger partial charge in [-0.1, -0.05) is 12.1 Å². The van der Waals surface area contributed by atoms with Crippen molar-refractivity contribution in [2.45, 2.75) is 39.2 Å². The van der Waals surface area contributed by atoms with Crippen LogP contribution < -0.4 is 5.32 Å². The smallest absolute Gasteiger partial charge is 0.255 e. The van der Waals surface area contributed by atoms with Gasteiger partial charge in [0.05, 0.1) is 6.20 Å². The van der Waals surface area contributed by atoms with Crippen LogP contribution in [-0.4, -0.2) is 46.0 Å². The standard InChI is InChI=1S/C27H31FN4O2/c1-19(2)32-18-20(17-29-32)10-13-31-14-11-21(12-15-31)26(33)23-4-3-5-25(16-23)30-27(34)22-6-8-24(28)9-7-22/h3-9,16-19,21H,10-15H2,1-2H3,(H,30,34). The van der Waals surface area contributed by atoms with E-state index in [0.29, 0.717) is 22.9 Å². The molecular formula is C27H31FN4O2. The van der Waals surface area contributed by atoms with E-state index in [1.54, 1.807) is 24.3 Å². The van der Waals surface area contributed by atoms with Gasteiger partial charge >= 0.3 is 0 Å². The second-order valence-electron chi connectivity index (χ2n) is 9.19. The Morgan fingerprint density at radius 2 is 1.82 bits per heavy atom. The molecule has 1 amide bonds. The van der Waals surface area contributed by atoms with Crippen molar-refractivity contribution in [2.75, 3.05) is 25.0 Å². The van der Waals surface area contributed by atoms with Gasteiger partial charge in [-0.05, 0) is 88.2 Å². The van der Waals surface area contributed by atoms with Crippen molar-refractivity contribution in [2.24, 2.45) is 5.92 Å². The van der Waals surface area contributed by atoms with Gasteiger partial charge in [0.25, 0.3) is 5.91 Å². The molecule has 0 spiro atoms. The van der Waals surface area contributed by atoms with Crippen molar-refractivity contribution < 1.29 is 14.0 Å². The van der Waals surface area contributed by atoms with E-state index in [4.69, 9.17) is 0 Å². The van der Waals surface area contributed by atoms with Gasteiger partial charge in [0.15, 0.2) is 5.78 Å². The van der Waals surface area contributed by atoms with Crippen LogP contribution in [0.25, 0.3) is 0 Å². The largest absolute Gasteiger partial charge is 0.322 e. The molecule has 1 aliphatic rings. The van der Waals surface area contributed by atoms with Gasteiger partial charge in [0, 0.05) is 41.5 Å². The molecule has 3 aromatic rings. The Labute approximate surface area is 199 Å². The van der Waals surface area contributed by atoms with E-state index in [2.05, 4.69) is 35.4 Å². The van der Waals surface area contributed by atoms with Crippen LogP contribution in [0.1, 0.15) is 59.0 Å². The maximum atomic E-state index is 13.1. The summed E-state index contributed by atoms with van der Waals surface area (Å²) < 4.78 is 15.1. The summed E-state index contributed by atoms with van der Waals surface area (Å²) in [6.07, 6.45) is 6.68. The molecule has 178 valence electrons. The average molecular weight is 463 g/mol. The summed E-state index contributed by atoms with van der Waals surface area (Å²) in [6.45, 7) is 7.00. The number of hydrogen-bond acceptors (Lipinski definition) is 4. The Bertz CT molecular complexity index is 1130. The van der Waals surface area contributed by atoms with Gasteiger partial charge in [0.2, 0.25) is 0 Å². The van der Waals surface area contributed by atoms with Crippen molar-refractivity contribution >= 4 is 17.4 Å². The number of rotatable bonds is 8. The highest BCUT2D eigenvalue weighted by atomic mass is 19.1. The number of carbonyl (C=O) groups excluding carboxylic acids is 2. The van der Waals surface area contributed by atoms with E-state index in [1.165, 1.54) is 29.8 Å². The van der Waals surface area contributed by atoms with Crippen molar-refractivity contribution in [1.82, 2.24) is 14.7 Å². The van der Waals surface area contributed by atoms with Crippen LogP contribution in [0.2, 0.25) is 0 Å². The van der Waals surface area contributed by atoms with Gasteiger partial charge in [-0.3, -0.25) is 14.3 Å². The lowest BCUT2D eigenvalue weighted by molar-refractivity contribution is 0.0840. The van der Waals surface area contributed by atoms with E-state index in [-0.39, 0.29) is 17.6 Å². The zero-order valence-corrected chi connectivity index (χ0v) is 19.7. The van der Waals surface area contributed by atoms with E-state index in [0.717, 1.165) is 38.9 Å². The molecule has 0 bridgehead atoms. The Hall–Kier alpha value is -3.32. The number of nitrogens with zero attached hydrogens (tertiary/aromatic N) is 3. The third kappa shape index (κ3) is 5.97. The molecule has 34 heavy (non-hydrogen) atoms. The van der Waals surface area contributed by atoms with Crippen LogP contribution in [0, 0.1) is 11.7 Å². The number of likely N-dealkylation sites (tertiary alicyclic amines) is 1. The van der Waals surface area contributed by atoms with Crippen molar-refractivity contribution in [3.8, 4) is 0 Å².